The van der Waals surface area contributed by atoms with Crippen LogP contribution in [0.25, 0.3) is 0 Å². The van der Waals surface area contributed by atoms with Gasteiger partial charge in [-0.3, -0.25) is 0 Å². The molecular formula is C19H21Cl2N3O. The maximum absolute atomic E-state index is 12.3. The largest absolute Gasteiger partial charge is 0.367 e. The Morgan fingerprint density at radius 1 is 0.960 bits per heavy atom. The molecule has 1 heterocycles. The molecule has 1 aliphatic rings. The standard InChI is InChI=1S/C19H21Cl2N3O/c20-16-7-5-15(6-8-16)9-10-22-19(25)24-13-11-23(12-14-24)18-4-2-1-3-17(18)21/h1-8H,9-14H2,(H,22,25). The summed E-state index contributed by atoms with van der Waals surface area (Å²) in [7, 11) is 0. The number of rotatable bonds is 4. The Hall–Kier alpha value is -1.91. The van der Waals surface area contributed by atoms with Crippen LogP contribution in [0.3, 0.4) is 0 Å². The molecule has 3 rings (SSSR count). The van der Waals surface area contributed by atoms with Gasteiger partial charge in [0.05, 0.1) is 10.7 Å². The molecule has 2 amide bonds. The summed E-state index contributed by atoms with van der Waals surface area (Å²) in [6, 6.07) is 15.5. The van der Waals surface area contributed by atoms with Gasteiger partial charge in [0.25, 0.3) is 0 Å². The Morgan fingerprint density at radius 2 is 1.64 bits per heavy atom. The second-order valence-electron chi connectivity index (χ2n) is 6.03. The van der Waals surface area contributed by atoms with Crippen molar-refractivity contribution in [1.29, 1.82) is 0 Å². The van der Waals surface area contributed by atoms with Crippen molar-refractivity contribution in [1.82, 2.24) is 10.2 Å². The number of hydrogen-bond acceptors (Lipinski definition) is 2. The second kappa shape index (κ2) is 8.45. The highest BCUT2D eigenvalue weighted by molar-refractivity contribution is 6.33. The number of nitrogens with one attached hydrogen (secondary N) is 1. The summed E-state index contributed by atoms with van der Waals surface area (Å²) >= 11 is 12.1. The highest BCUT2D eigenvalue weighted by Gasteiger charge is 2.21. The normalized spacial score (nSPS) is 14.5. The minimum Gasteiger partial charge on any atom is -0.367 e. The fourth-order valence-electron chi connectivity index (χ4n) is 2.94. The van der Waals surface area contributed by atoms with Crippen LogP contribution in [0.2, 0.25) is 10.0 Å². The van der Waals surface area contributed by atoms with Crippen molar-refractivity contribution in [3.05, 3.63) is 64.1 Å². The minimum atomic E-state index is -0.00669. The van der Waals surface area contributed by atoms with Crippen molar-refractivity contribution in [2.45, 2.75) is 6.42 Å². The van der Waals surface area contributed by atoms with Crippen LogP contribution in [0, 0.1) is 0 Å². The van der Waals surface area contributed by atoms with Crippen LogP contribution in [0.5, 0.6) is 0 Å². The molecule has 1 N–H and O–H groups in total. The molecular weight excluding hydrogens is 357 g/mol. The molecule has 0 aromatic heterocycles. The average molecular weight is 378 g/mol. The first-order valence-electron chi connectivity index (χ1n) is 8.40. The summed E-state index contributed by atoms with van der Waals surface area (Å²) in [5.74, 6) is 0. The van der Waals surface area contributed by atoms with Gasteiger partial charge in [0, 0.05) is 37.7 Å². The van der Waals surface area contributed by atoms with Gasteiger partial charge in [-0.25, -0.2) is 4.79 Å². The summed E-state index contributed by atoms with van der Waals surface area (Å²) in [5, 5.41) is 4.47. The molecule has 1 aliphatic heterocycles. The molecule has 1 fully saturated rings. The van der Waals surface area contributed by atoms with Crippen molar-refractivity contribution in [2.75, 3.05) is 37.6 Å². The van der Waals surface area contributed by atoms with E-state index in [2.05, 4.69) is 10.2 Å². The predicted octanol–water partition coefficient (Wildman–Crippen LogP) is 4.07. The summed E-state index contributed by atoms with van der Waals surface area (Å²) < 4.78 is 0. The molecule has 0 spiro atoms. The van der Waals surface area contributed by atoms with E-state index in [-0.39, 0.29) is 6.03 Å². The molecule has 1 saturated heterocycles. The molecule has 0 unspecified atom stereocenters. The maximum atomic E-state index is 12.3. The molecule has 0 bridgehead atoms. The van der Waals surface area contributed by atoms with Crippen LogP contribution < -0.4 is 10.2 Å². The smallest absolute Gasteiger partial charge is 0.317 e. The molecule has 2 aromatic carbocycles. The van der Waals surface area contributed by atoms with Crippen LogP contribution in [-0.2, 0) is 6.42 Å². The molecule has 25 heavy (non-hydrogen) atoms. The number of amides is 2. The SMILES string of the molecule is O=C(NCCc1ccc(Cl)cc1)N1CCN(c2ccccc2Cl)CC1. The Kier molecular flexibility index (Phi) is 6.05. The number of carbonyl (C=O) groups is 1. The third-order valence-corrected chi connectivity index (χ3v) is 4.93. The lowest BCUT2D eigenvalue weighted by Gasteiger charge is -2.36. The third-order valence-electron chi connectivity index (χ3n) is 4.36. The zero-order chi connectivity index (χ0) is 17.6. The Morgan fingerprint density at radius 3 is 2.32 bits per heavy atom. The van der Waals surface area contributed by atoms with E-state index in [1.807, 2.05) is 53.4 Å². The highest BCUT2D eigenvalue weighted by Crippen LogP contribution is 2.25. The topological polar surface area (TPSA) is 35.6 Å². The van der Waals surface area contributed by atoms with Gasteiger partial charge in [0.1, 0.15) is 0 Å². The molecule has 2 aromatic rings. The quantitative estimate of drug-likeness (QED) is 0.871. The van der Waals surface area contributed by atoms with Gasteiger partial charge in [-0.1, -0.05) is 47.5 Å². The molecule has 6 heteroatoms. The molecule has 0 radical (unpaired) electrons. The monoisotopic (exact) mass is 377 g/mol. The first kappa shape index (κ1) is 17.9. The van der Waals surface area contributed by atoms with E-state index in [4.69, 9.17) is 23.2 Å². The second-order valence-corrected chi connectivity index (χ2v) is 6.88. The van der Waals surface area contributed by atoms with Gasteiger partial charge in [-0.2, -0.15) is 0 Å². The lowest BCUT2D eigenvalue weighted by atomic mass is 10.1. The number of benzene rings is 2. The number of anilines is 1. The van der Waals surface area contributed by atoms with Gasteiger partial charge < -0.3 is 15.1 Å². The van der Waals surface area contributed by atoms with E-state index < -0.39 is 0 Å². The number of para-hydroxylation sites is 1. The predicted molar refractivity (Wildman–Crippen MR) is 104 cm³/mol. The minimum absolute atomic E-state index is 0.00669. The van der Waals surface area contributed by atoms with Crippen molar-refractivity contribution < 1.29 is 4.79 Å². The number of urea groups is 1. The van der Waals surface area contributed by atoms with E-state index in [1.54, 1.807) is 0 Å². The number of halogens is 2. The van der Waals surface area contributed by atoms with Gasteiger partial charge in [-0.05, 0) is 36.2 Å². The van der Waals surface area contributed by atoms with E-state index >= 15 is 0 Å². The first-order chi connectivity index (χ1) is 12.1. The highest BCUT2D eigenvalue weighted by atomic mass is 35.5. The summed E-state index contributed by atoms with van der Waals surface area (Å²) in [6.07, 6.45) is 0.794. The van der Waals surface area contributed by atoms with Gasteiger partial charge in [0.2, 0.25) is 0 Å². The number of carbonyl (C=O) groups excluding carboxylic acids is 1. The lowest BCUT2D eigenvalue weighted by Crippen LogP contribution is -2.52. The fourth-order valence-corrected chi connectivity index (χ4v) is 3.32. The third kappa shape index (κ3) is 4.80. The summed E-state index contributed by atoms with van der Waals surface area (Å²) in [4.78, 5) is 16.4. The lowest BCUT2D eigenvalue weighted by molar-refractivity contribution is 0.194. The number of nitrogens with zero attached hydrogens (tertiary/aromatic N) is 2. The van der Waals surface area contributed by atoms with Crippen LogP contribution in [-0.4, -0.2) is 43.7 Å². The summed E-state index contributed by atoms with van der Waals surface area (Å²) in [5.41, 5.74) is 2.19. The molecule has 0 atom stereocenters. The van der Waals surface area contributed by atoms with Gasteiger partial charge in [-0.15, -0.1) is 0 Å². The zero-order valence-electron chi connectivity index (χ0n) is 13.9. The average Bonchev–Trinajstić information content (AvgIpc) is 2.64. The maximum Gasteiger partial charge on any atom is 0.317 e. The molecule has 4 nitrogen and oxygen atoms in total. The van der Waals surface area contributed by atoms with Crippen LogP contribution in [0.4, 0.5) is 10.5 Å². The fraction of sp³-hybridized carbons (Fsp3) is 0.316. The first-order valence-corrected chi connectivity index (χ1v) is 9.16. The van der Waals surface area contributed by atoms with E-state index in [0.717, 1.165) is 40.8 Å². The van der Waals surface area contributed by atoms with Crippen LogP contribution >= 0.6 is 23.2 Å². The Bertz CT molecular complexity index is 713. The zero-order valence-corrected chi connectivity index (χ0v) is 15.4. The summed E-state index contributed by atoms with van der Waals surface area (Å²) in [6.45, 7) is 3.57. The number of hydrogen-bond donors (Lipinski definition) is 1. The van der Waals surface area contributed by atoms with Gasteiger partial charge in [0.15, 0.2) is 0 Å². The van der Waals surface area contributed by atoms with Crippen molar-refractivity contribution in [3.63, 3.8) is 0 Å². The van der Waals surface area contributed by atoms with Crippen LogP contribution in [0.15, 0.2) is 48.5 Å². The van der Waals surface area contributed by atoms with Crippen LogP contribution in [0.1, 0.15) is 5.56 Å². The van der Waals surface area contributed by atoms with Crippen molar-refractivity contribution >= 4 is 34.9 Å². The van der Waals surface area contributed by atoms with E-state index in [0.29, 0.717) is 19.6 Å². The molecule has 0 aliphatic carbocycles. The van der Waals surface area contributed by atoms with E-state index in [1.165, 1.54) is 0 Å². The number of piperazine rings is 1. The molecule has 132 valence electrons. The van der Waals surface area contributed by atoms with Crippen molar-refractivity contribution in [3.8, 4) is 0 Å². The Balaban J connectivity index is 1.44. The molecule has 0 saturated carbocycles. The van der Waals surface area contributed by atoms with Gasteiger partial charge >= 0.3 is 6.03 Å². The van der Waals surface area contributed by atoms with E-state index in [9.17, 15) is 4.79 Å². The Labute approximate surface area is 158 Å². The van der Waals surface area contributed by atoms with Crippen molar-refractivity contribution in [2.24, 2.45) is 0 Å².